The topological polar surface area (TPSA) is 105 Å². The summed E-state index contributed by atoms with van der Waals surface area (Å²) in [6.07, 6.45) is -0.0778. The molecule has 19 heavy (non-hydrogen) atoms. The van der Waals surface area contributed by atoms with Crippen LogP contribution in [0.15, 0.2) is 6.07 Å². The van der Waals surface area contributed by atoms with Gasteiger partial charge in [0.1, 0.15) is 0 Å². The van der Waals surface area contributed by atoms with Crippen LogP contribution in [0.3, 0.4) is 0 Å². The third kappa shape index (κ3) is 3.94. The molecule has 0 fully saturated rings. The average molecular weight is 265 g/mol. The molecule has 1 heterocycles. The number of hydrogen-bond donors (Lipinski definition) is 3. The standard InChI is InChI=1S/C13H19N3O3/c1-7-5-9(11(12(14)19)8(2)15-7)16-13(3,4)6-10(17)18/h5H,6H2,1-4H3,(H2,14,19)(H,15,16)(H,17,18). The lowest BCUT2D eigenvalue weighted by molar-refractivity contribution is -0.137. The van der Waals surface area contributed by atoms with Crippen molar-refractivity contribution in [3.05, 3.63) is 23.0 Å². The molecular weight excluding hydrogens is 246 g/mol. The van der Waals surface area contributed by atoms with Crippen molar-refractivity contribution in [2.45, 2.75) is 39.7 Å². The van der Waals surface area contributed by atoms with E-state index in [0.717, 1.165) is 5.69 Å². The van der Waals surface area contributed by atoms with Gasteiger partial charge in [-0.15, -0.1) is 0 Å². The van der Waals surface area contributed by atoms with E-state index in [9.17, 15) is 9.59 Å². The van der Waals surface area contributed by atoms with Crippen molar-refractivity contribution >= 4 is 17.6 Å². The molecule has 6 heteroatoms. The average Bonchev–Trinajstić information content (AvgIpc) is 2.10. The molecule has 0 saturated carbocycles. The van der Waals surface area contributed by atoms with E-state index in [1.807, 2.05) is 0 Å². The SMILES string of the molecule is Cc1cc(NC(C)(C)CC(=O)O)c(C(N)=O)c(C)n1. The number of hydrogen-bond acceptors (Lipinski definition) is 4. The summed E-state index contributed by atoms with van der Waals surface area (Å²) in [4.78, 5) is 26.5. The van der Waals surface area contributed by atoms with Crippen LogP contribution in [0.25, 0.3) is 0 Å². The Morgan fingerprint density at radius 1 is 1.42 bits per heavy atom. The number of nitrogens with one attached hydrogen (secondary N) is 1. The molecule has 0 unspecified atom stereocenters. The van der Waals surface area contributed by atoms with Crippen molar-refractivity contribution in [3.8, 4) is 0 Å². The normalized spacial score (nSPS) is 11.2. The summed E-state index contributed by atoms with van der Waals surface area (Å²) in [5.41, 5.74) is 6.73. The molecule has 1 aromatic heterocycles. The molecule has 4 N–H and O–H groups in total. The molecule has 0 aliphatic rings. The Hall–Kier alpha value is -2.11. The van der Waals surface area contributed by atoms with Crippen LogP contribution in [-0.4, -0.2) is 27.5 Å². The minimum atomic E-state index is -0.916. The molecule has 104 valence electrons. The van der Waals surface area contributed by atoms with Crippen LogP contribution in [0.4, 0.5) is 5.69 Å². The molecule has 0 saturated heterocycles. The van der Waals surface area contributed by atoms with Crippen LogP contribution in [-0.2, 0) is 4.79 Å². The van der Waals surface area contributed by atoms with Crippen LogP contribution < -0.4 is 11.1 Å². The van der Waals surface area contributed by atoms with Crippen molar-refractivity contribution < 1.29 is 14.7 Å². The lowest BCUT2D eigenvalue weighted by Crippen LogP contribution is -2.35. The van der Waals surface area contributed by atoms with Crippen molar-refractivity contribution in [2.75, 3.05) is 5.32 Å². The molecule has 1 aromatic rings. The molecule has 0 aliphatic heterocycles. The first-order valence-corrected chi connectivity index (χ1v) is 5.90. The van der Waals surface area contributed by atoms with Crippen LogP contribution in [0, 0.1) is 13.8 Å². The van der Waals surface area contributed by atoms with Gasteiger partial charge in [-0.1, -0.05) is 0 Å². The van der Waals surface area contributed by atoms with Crippen molar-refractivity contribution in [3.63, 3.8) is 0 Å². The van der Waals surface area contributed by atoms with E-state index in [0.29, 0.717) is 16.9 Å². The van der Waals surface area contributed by atoms with Gasteiger partial charge in [-0.05, 0) is 33.8 Å². The fourth-order valence-electron chi connectivity index (χ4n) is 2.03. The monoisotopic (exact) mass is 265 g/mol. The number of carbonyl (C=O) groups excluding carboxylic acids is 1. The summed E-state index contributed by atoms with van der Waals surface area (Å²) in [7, 11) is 0. The predicted octanol–water partition coefficient (Wildman–Crippen LogP) is 1.46. The zero-order valence-corrected chi connectivity index (χ0v) is 11.6. The van der Waals surface area contributed by atoms with Gasteiger partial charge in [0.05, 0.1) is 23.4 Å². The number of carbonyl (C=O) groups is 2. The number of aliphatic carboxylic acids is 1. The van der Waals surface area contributed by atoms with E-state index in [4.69, 9.17) is 10.8 Å². The zero-order chi connectivity index (χ0) is 14.8. The highest BCUT2D eigenvalue weighted by Crippen LogP contribution is 2.24. The van der Waals surface area contributed by atoms with Gasteiger partial charge in [0.25, 0.3) is 5.91 Å². The Morgan fingerprint density at radius 3 is 2.47 bits per heavy atom. The number of anilines is 1. The van der Waals surface area contributed by atoms with Gasteiger partial charge >= 0.3 is 5.97 Å². The van der Waals surface area contributed by atoms with Crippen LogP contribution in [0.1, 0.15) is 42.0 Å². The summed E-state index contributed by atoms with van der Waals surface area (Å²) in [6, 6.07) is 1.69. The van der Waals surface area contributed by atoms with Crippen molar-refractivity contribution in [1.29, 1.82) is 0 Å². The molecule has 6 nitrogen and oxygen atoms in total. The first kappa shape index (κ1) is 14.9. The number of nitrogens with two attached hydrogens (primary N) is 1. The third-order valence-corrected chi connectivity index (χ3v) is 2.64. The number of nitrogens with zero attached hydrogens (tertiary/aromatic N) is 1. The summed E-state index contributed by atoms with van der Waals surface area (Å²) in [5.74, 6) is -1.50. The van der Waals surface area contributed by atoms with Gasteiger partial charge in [-0.3, -0.25) is 14.6 Å². The summed E-state index contributed by atoms with van der Waals surface area (Å²) < 4.78 is 0. The Morgan fingerprint density at radius 2 is 2.00 bits per heavy atom. The lowest BCUT2D eigenvalue weighted by atomic mass is 9.99. The number of amides is 1. The molecule has 1 rings (SSSR count). The van der Waals surface area contributed by atoms with E-state index in [2.05, 4.69) is 10.3 Å². The first-order valence-electron chi connectivity index (χ1n) is 5.90. The van der Waals surface area contributed by atoms with Gasteiger partial charge in [0.2, 0.25) is 0 Å². The number of carboxylic acid groups (broad SMARTS) is 1. The predicted molar refractivity (Wildman–Crippen MR) is 72.2 cm³/mol. The van der Waals surface area contributed by atoms with Gasteiger partial charge < -0.3 is 16.2 Å². The summed E-state index contributed by atoms with van der Waals surface area (Å²) in [6.45, 7) is 6.99. The minimum absolute atomic E-state index is 0.0778. The molecule has 0 radical (unpaired) electrons. The van der Waals surface area contributed by atoms with E-state index >= 15 is 0 Å². The fraction of sp³-hybridized carbons (Fsp3) is 0.462. The second kappa shape index (κ2) is 5.26. The lowest BCUT2D eigenvalue weighted by Gasteiger charge is -2.27. The second-order valence-corrected chi connectivity index (χ2v) is 5.22. The molecule has 0 aliphatic carbocycles. The summed E-state index contributed by atoms with van der Waals surface area (Å²) in [5, 5.41) is 11.9. The first-order chi connectivity index (χ1) is 8.62. The Bertz CT molecular complexity index is 524. The van der Waals surface area contributed by atoms with E-state index < -0.39 is 17.4 Å². The summed E-state index contributed by atoms with van der Waals surface area (Å²) >= 11 is 0. The molecule has 0 spiro atoms. The number of primary amides is 1. The quantitative estimate of drug-likeness (QED) is 0.747. The van der Waals surface area contributed by atoms with Crippen molar-refractivity contribution in [2.24, 2.45) is 5.73 Å². The van der Waals surface area contributed by atoms with Crippen LogP contribution in [0.5, 0.6) is 0 Å². The molecular formula is C13H19N3O3. The molecule has 0 bridgehead atoms. The van der Waals surface area contributed by atoms with E-state index in [1.165, 1.54) is 0 Å². The molecule has 1 amide bonds. The zero-order valence-electron chi connectivity index (χ0n) is 11.6. The number of rotatable bonds is 5. The minimum Gasteiger partial charge on any atom is -0.481 e. The maximum Gasteiger partial charge on any atom is 0.305 e. The maximum absolute atomic E-state index is 11.5. The highest BCUT2D eigenvalue weighted by molar-refractivity contribution is 5.99. The van der Waals surface area contributed by atoms with Crippen LogP contribution in [0.2, 0.25) is 0 Å². The highest BCUT2D eigenvalue weighted by atomic mass is 16.4. The van der Waals surface area contributed by atoms with E-state index in [1.54, 1.807) is 33.8 Å². The third-order valence-electron chi connectivity index (χ3n) is 2.64. The number of carboxylic acids is 1. The Kier molecular flexibility index (Phi) is 4.14. The van der Waals surface area contributed by atoms with Gasteiger partial charge in [-0.25, -0.2) is 0 Å². The number of pyridine rings is 1. The van der Waals surface area contributed by atoms with Gasteiger partial charge in [0, 0.05) is 11.2 Å². The van der Waals surface area contributed by atoms with Gasteiger partial charge in [0.15, 0.2) is 0 Å². The Balaban J connectivity index is 3.19. The highest BCUT2D eigenvalue weighted by Gasteiger charge is 2.24. The van der Waals surface area contributed by atoms with Gasteiger partial charge in [-0.2, -0.15) is 0 Å². The molecule has 0 atom stereocenters. The molecule has 0 aromatic carbocycles. The van der Waals surface area contributed by atoms with Crippen molar-refractivity contribution in [1.82, 2.24) is 4.98 Å². The Labute approximate surface area is 112 Å². The number of aromatic nitrogens is 1. The largest absolute Gasteiger partial charge is 0.481 e. The fourth-order valence-corrected chi connectivity index (χ4v) is 2.03. The maximum atomic E-state index is 11.5. The number of aryl methyl sites for hydroxylation is 2. The van der Waals surface area contributed by atoms with Crippen LogP contribution >= 0.6 is 0 Å². The second-order valence-electron chi connectivity index (χ2n) is 5.22. The van der Waals surface area contributed by atoms with E-state index in [-0.39, 0.29) is 6.42 Å². The smallest absolute Gasteiger partial charge is 0.305 e.